The Morgan fingerprint density at radius 1 is 1.04 bits per heavy atom. The number of nitrogens with zero attached hydrogens (tertiary/aromatic N) is 1. The van der Waals surface area contributed by atoms with Crippen LogP contribution in [0.5, 0.6) is 0 Å². The summed E-state index contributed by atoms with van der Waals surface area (Å²) in [5.41, 5.74) is 11.4. The number of nitrogens with two attached hydrogens (primary N) is 1. The van der Waals surface area contributed by atoms with Crippen molar-refractivity contribution >= 4 is 5.91 Å². The zero-order valence-electron chi connectivity index (χ0n) is 13.4. The molecule has 0 aliphatic rings. The van der Waals surface area contributed by atoms with Crippen molar-refractivity contribution in [2.45, 2.75) is 20.8 Å². The Morgan fingerprint density at radius 3 is 2.22 bits per heavy atom. The summed E-state index contributed by atoms with van der Waals surface area (Å²) < 4.78 is 5.49. The number of hydrogen-bond acceptors (Lipinski definition) is 3. The summed E-state index contributed by atoms with van der Waals surface area (Å²) >= 11 is 0. The van der Waals surface area contributed by atoms with Crippen molar-refractivity contribution in [3.8, 4) is 22.6 Å². The highest BCUT2D eigenvalue weighted by atomic mass is 16.5. The van der Waals surface area contributed by atoms with Gasteiger partial charge >= 0.3 is 0 Å². The minimum absolute atomic E-state index is 0.325. The molecule has 0 aliphatic heterocycles. The minimum Gasteiger partial charge on any atom is -0.365 e. The molecule has 0 aliphatic carbocycles. The van der Waals surface area contributed by atoms with Gasteiger partial charge < -0.3 is 10.3 Å². The molecule has 23 heavy (non-hydrogen) atoms. The standard InChI is InChI=1S/C19H18N2O2/c1-11-9-12(2)15(13(3)10-11)17-16(19(20)22)18(23-21-17)14-7-5-4-6-8-14/h4-10H,1-3H3,(H2,20,22). The van der Waals surface area contributed by atoms with Crippen LogP contribution in [0.2, 0.25) is 0 Å². The van der Waals surface area contributed by atoms with E-state index in [1.807, 2.05) is 51.1 Å². The van der Waals surface area contributed by atoms with Gasteiger partial charge in [0.1, 0.15) is 11.3 Å². The van der Waals surface area contributed by atoms with E-state index in [-0.39, 0.29) is 0 Å². The van der Waals surface area contributed by atoms with Crippen molar-refractivity contribution in [1.82, 2.24) is 5.16 Å². The van der Waals surface area contributed by atoms with E-state index in [4.69, 9.17) is 10.3 Å². The van der Waals surface area contributed by atoms with Crippen molar-refractivity contribution < 1.29 is 9.32 Å². The van der Waals surface area contributed by atoms with Crippen LogP contribution in [0.3, 0.4) is 0 Å². The second kappa shape index (κ2) is 5.72. The minimum atomic E-state index is -0.542. The van der Waals surface area contributed by atoms with E-state index in [2.05, 4.69) is 17.3 Å². The maximum absolute atomic E-state index is 12.1. The molecule has 4 heteroatoms. The van der Waals surface area contributed by atoms with Gasteiger partial charge in [0.05, 0.1) is 0 Å². The summed E-state index contributed by atoms with van der Waals surface area (Å²) in [6.07, 6.45) is 0. The predicted molar refractivity (Wildman–Crippen MR) is 90.1 cm³/mol. The molecule has 0 bridgehead atoms. The van der Waals surface area contributed by atoms with Crippen LogP contribution in [0.1, 0.15) is 27.0 Å². The second-order valence-corrected chi connectivity index (χ2v) is 5.74. The fraction of sp³-hybridized carbons (Fsp3) is 0.158. The number of primary amides is 1. The van der Waals surface area contributed by atoms with Gasteiger partial charge in [0.15, 0.2) is 5.76 Å². The van der Waals surface area contributed by atoms with E-state index in [9.17, 15) is 4.79 Å². The van der Waals surface area contributed by atoms with Crippen LogP contribution in [-0.2, 0) is 0 Å². The van der Waals surface area contributed by atoms with Gasteiger partial charge in [0.25, 0.3) is 5.91 Å². The Hall–Kier alpha value is -2.88. The van der Waals surface area contributed by atoms with Gasteiger partial charge in [0.2, 0.25) is 0 Å². The smallest absolute Gasteiger partial charge is 0.254 e. The number of amides is 1. The van der Waals surface area contributed by atoms with Crippen LogP contribution >= 0.6 is 0 Å². The van der Waals surface area contributed by atoms with Crippen LogP contribution in [0.15, 0.2) is 47.0 Å². The molecule has 2 N–H and O–H groups in total. The van der Waals surface area contributed by atoms with Crippen molar-refractivity contribution in [3.05, 3.63) is 64.7 Å². The van der Waals surface area contributed by atoms with Crippen molar-refractivity contribution in [1.29, 1.82) is 0 Å². The third kappa shape index (κ3) is 2.63. The number of aryl methyl sites for hydroxylation is 3. The number of carbonyl (C=O) groups is 1. The predicted octanol–water partition coefficient (Wildman–Crippen LogP) is 4.03. The molecule has 1 heterocycles. The van der Waals surface area contributed by atoms with Gasteiger partial charge in [-0.05, 0) is 31.9 Å². The Bertz CT molecular complexity index is 857. The van der Waals surface area contributed by atoms with Gasteiger partial charge in [-0.25, -0.2) is 0 Å². The van der Waals surface area contributed by atoms with Crippen LogP contribution < -0.4 is 5.73 Å². The lowest BCUT2D eigenvalue weighted by molar-refractivity contribution is 0.100. The molecule has 0 radical (unpaired) electrons. The molecule has 3 rings (SSSR count). The summed E-state index contributed by atoms with van der Waals surface area (Å²) in [5.74, 6) is -0.132. The first kappa shape index (κ1) is 15.0. The maximum Gasteiger partial charge on any atom is 0.254 e. The van der Waals surface area contributed by atoms with E-state index >= 15 is 0 Å². The highest BCUT2D eigenvalue weighted by molar-refractivity contribution is 6.04. The Morgan fingerprint density at radius 2 is 1.65 bits per heavy atom. The van der Waals surface area contributed by atoms with Crippen LogP contribution in [0, 0.1) is 20.8 Å². The number of carbonyl (C=O) groups excluding carboxylic acids is 1. The lowest BCUT2D eigenvalue weighted by Crippen LogP contribution is -2.13. The third-order valence-corrected chi connectivity index (χ3v) is 3.89. The molecule has 116 valence electrons. The van der Waals surface area contributed by atoms with Gasteiger partial charge in [0, 0.05) is 11.1 Å². The van der Waals surface area contributed by atoms with Gasteiger partial charge in [-0.1, -0.05) is 53.2 Å². The third-order valence-electron chi connectivity index (χ3n) is 3.89. The highest BCUT2D eigenvalue weighted by Gasteiger charge is 2.25. The topological polar surface area (TPSA) is 69.1 Å². The summed E-state index contributed by atoms with van der Waals surface area (Å²) in [6, 6.07) is 13.5. The normalized spacial score (nSPS) is 10.7. The lowest BCUT2D eigenvalue weighted by Gasteiger charge is -2.09. The zero-order valence-corrected chi connectivity index (χ0v) is 13.4. The van der Waals surface area contributed by atoms with Crippen LogP contribution in [0.25, 0.3) is 22.6 Å². The Kier molecular flexibility index (Phi) is 3.74. The van der Waals surface area contributed by atoms with Gasteiger partial charge in [-0.3, -0.25) is 4.79 Å². The van der Waals surface area contributed by atoms with Crippen molar-refractivity contribution in [2.75, 3.05) is 0 Å². The second-order valence-electron chi connectivity index (χ2n) is 5.74. The largest absolute Gasteiger partial charge is 0.365 e. The molecule has 1 aromatic heterocycles. The van der Waals surface area contributed by atoms with E-state index < -0.39 is 5.91 Å². The maximum atomic E-state index is 12.1. The number of rotatable bonds is 3. The Balaban J connectivity index is 2.27. The monoisotopic (exact) mass is 306 g/mol. The fourth-order valence-corrected chi connectivity index (χ4v) is 3.03. The first-order valence-corrected chi connectivity index (χ1v) is 7.42. The highest BCUT2D eigenvalue weighted by Crippen LogP contribution is 2.35. The lowest BCUT2D eigenvalue weighted by atomic mass is 9.94. The zero-order chi connectivity index (χ0) is 16.6. The molecular weight excluding hydrogens is 288 g/mol. The van der Waals surface area contributed by atoms with Crippen LogP contribution in [0.4, 0.5) is 0 Å². The Labute approximate surface area is 134 Å². The van der Waals surface area contributed by atoms with E-state index in [1.165, 1.54) is 0 Å². The first-order valence-electron chi connectivity index (χ1n) is 7.42. The summed E-state index contributed by atoms with van der Waals surface area (Å²) in [4.78, 5) is 12.1. The van der Waals surface area contributed by atoms with Crippen molar-refractivity contribution in [3.63, 3.8) is 0 Å². The number of hydrogen-bond donors (Lipinski definition) is 1. The quantitative estimate of drug-likeness (QED) is 0.794. The molecule has 0 saturated heterocycles. The summed E-state index contributed by atoms with van der Waals surface area (Å²) in [5, 5.41) is 4.16. The average molecular weight is 306 g/mol. The molecular formula is C19H18N2O2. The molecule has 2 aromatic carbocycles. The van der Waals surface area contributed by atoms with Gasteiger partial charge in [-0.2, -0.15) is 0 Å². The van der Waals surface area contributed by atoms with Crippen LogP contribution in [-0.4, -0.2) is 11.1 Å². The summed E-state index contributed by atoms with van der Waals surface area (Å²) in [7, 11) is 0. The van der Waals surface area contributed by atoms with E-state index in [0.29, 0.717) is 17.0 Å². The summed E-state index contributed by atoms with van der Waals surface area (Å²) in [6.45, 7) is 6.03. The fourth-order valence-electron chi connectivity index (χ4n) is 3.03. The molecule has 4 nitrogen and oxygen atoms in total. The molecule has 0 unspecified atom stereocenters. The van der Waals surface area contributed by atoms with E-state index in [0.717, 1.165) is 27.8 Å². The molecule has 0 atom stereocenters. The van der Waals surface area contributed by atoms with E-state index in [1.54, 1.807) is 0 Å². The SMILES string of the molecule is Cc1cc(C)c(-c2noc(-c3ccccc3)c2C(N)=O)c(C)c1. The average Bonchev–Trinajstić information content (AvgIpc) is 2.92. The molecule has 3 aromatic rings. The van der Waals surface area contributed by atoms with Gasteiger partial charge in [-0.15, -0.1) is 0 Å². The number of aromatic nitrogens is 1. The molecule has 0 fully saturated rings. The molecule has 0 spiro atoms. The van der Waals surface area contributed by atoms with Crippen molar-refractivity contribution in [2.24, 2.45) is 5.73 Å². The molecule has 0 saturated carbocycles. The first-order chi connectivity index (χ1) is 11.0. The number of benzene rings is 2. The molecule has 1 amide bonds.